The van der Waals surface area contributed by atoms with Crippen molar-refractivity contribution in [2.24, 2.45) is 5.92 Å². The van der Waals surface area contributed by atoms with E-state index in [1.165, 1.54) is 25.7 Å². The van der Waals surface area contributed by atoms with Crippen LogP contribution in [0.3, 0.4) is 0 Å². The average molecular weight is 321 g/mol. The summed E-state index contributed by atoms with van der Waals surface area (Å²) in [7, 11) is 1.70. The Morgan fingerprint density at radius 2 is 2.00 bits per heavy atom. The van der Waals surface area contributed by atoms with Crippen LogP contribution >= 0.6 is 15.9 Å². The Morgan fingerprint density at radius 1 is 1.17 bits per heavy atom. The quantitative estimate of drug-likeness (QED) is 0.556. The van der Waals surface area contributed by atoms with E-state index >= 15 is 0 Å². The van der Waals surface area contributed by atoms with Gasteiger partial charge in [-0.25, -0.2) is 0 Å². The monoisotopic (exact) mass is 320 g/mol. The Balaban J connectivity index is 1.71. The highest BCUT2D eigenvalue weighted by atomic mass is 79.9. The molecule has 0 aromatic rings. The first kappa shape index (κ1) is 14.8. The summed E-state index contributed by atoms with van der Waals surface area (Å²) < 4.78 is 17.0. The van der Waals surface area contributed by atoms with Gasteiger partial charge in [-0.1, -0.05) is 35.7 Å². The maximum atomic E-state index is 6.22. The molecule has 0 aliphatic heterocycles. The lowest BCUT2D eigenvalue weighted by molar-refractivity contribution is -0.157. The fraction of sp³-hybridized carbons (Fsp3) is 1.00. The fourth-order valence-electron chi connectivity index (χ4n) is 2.89. The van der Waals surface area contributed by atoms with Crippen molar-refractivity contribution in [3.05, 3.63) is 0 Å². The summed E-state index contributed by atoms with van der Waals surface area (Å²) in [5.74, 6) is 0.816. The van der Waals surface area contributed by atoms with Gasteiger partial charge < -0.3 is 14.2 Å². The lowest BCUT2D eigenvalue weighted by Crippen LogP contribution is -2.52. The van der Waals surface area contributed by atoms with Crippen molar-refractivity contribution in [2.45, 2.75) is 62.2 Å². The maximum absolute atomic E-state index is 6.22. The molecule has 5 unspecified atom stereocenters. The van der Waals surface area contributed by atoms with Crippen LogP contribution in [0.5, 0.6) is 0 Å². The molecule has 2 fully saturated rings. The number of methoxy groups -OCH3 is 1. The highest BCUT2D eigenvalue weighted by Gasteiger charge is 2.42. The minimum absolute atomic E-state index is 0.206. The topological polar surface area (TPSA) is 27.7 Å². The van der Waals surface area contributed by atoms with Crippen LogP contribution < -0.4 is 0 Å². The maximum Gasteiger partial charge on any atom is 0.0963 e. The lowest BCUT2D eigenvalue weighted by atomic mass is 9.87. The zero-order valence-electron chi connectivity index (χ0n) is 11.4. The van der Waals surface area contributed by atoms with Gasteiger partial charge in [0.05, 0.1) is 31.5 Å². The van der Waals surface area contributed by atoms with Crippen LogP contribution in [0.25, 0.3) is 0 Å². The molecule has 0 heterocycles. The van der Waals surface area contributed by atoms with Crippen molar-refractivity contribution in [1.82, 2.24) is 0 Å². The van der Waals surface area contributed by atoms with Gasteiger partial charge in [-0.05, 0) is 25.2 Å². The summed E-state index contributed by atoms with van der Waals surface area (Å²) in [6.45, 7) is 3.64. The molecule has 2 rings (SSSR count). The number of ether oxygens (including phenoxy) is 3. The second-order valence-corrected chi connectivity index (χ2v) is 6.82. The van der Waals surface area contributed by atoms with Crippen molar-refractivity contribution in [3.63, 3.8) is 0 Å². The molecule has 0 radical (unpaired) electrons. The van der Waals surface area contributed by atoms with Gasteiger partial charge >= 0.3 is 0 Å². The molecule has 2 saturated carbocycles. The van der Waals surface area contributed by atoms with E-state index in [0.717, 1.165) is 12.3 Å². The van der Waals surface area contributed by atoms with Crippen molar-refractivity contribution in [2.75, 3.05) is 20.3 Å². The predicted molar refractivity (Wildman–Crippen MR) is 75.2 cm³/mol. The van der Waals surface area contributed by atoms with E-state index in [4.69, 9.17) is 14.2 Å². The average Bonchev–Trinajstić information content (AvgIpc) is 2.34. The molecule has 0 amide bonds. The number of rotatable bonds is 6. The van der Waals surface area contributed by atoms with Crippen LogP contribution in [0, 0.1) is 5.92 Å². The van der Waals surface area contributed by atoms with E-state index in [1.54, 1.807) is 7.11 Å². The van der Waals surface area contributed by atoms with Crippen molar-refractivity contribution in [1.29, 1.82) is 0 Å². The SMILES string of the molecule is COCCOC1C(Br)CC1OC1CCCC(C)C1. The van der Waals surface area contributed by atoms with Gasteiger partial charge in [0, 0.05) is 11.9 Å². The lowest BCUT2D eigenvalue weighted by Gasteiger charge is -2.43. The summed E-state index contributed by atoms with van der Waals surface area (Å²) in [6, 6.07) is 0. The van der Waals surface area contributed by atoms with E-state index in [-0.39, 0.29) is 12.2 Å². The molecule has 0 aromatic heterocycles. The zero-order chi connectivity index (χ0) is 13.0. The molecule has 2 aliphatic carbocycles. The fourth-order valence-corrected chi connectivity index (χ4v) is 3.75. The van der Waals surface area contributed by atoms with Gasteiger partial charge in [0.1, 0.15) is 0 Å². The van der Waals surface area contributed by atoms with Crippen molar-refractivity contribution >= 4 is 15.9 Å². The molecular formula is C14H25BrO3. The predicted octanol–water partition coefficient (Wildman–Crippen LogP) is 3.15. The highest BCUT2D eigenvalue weighted by molar-refractivity contribution is 9.09. The molecule has 0 aromatic carbocycles. The molecule has 18 heavy (non-hydrogen) atoms. The molecular weight excluding hydrogens is 296 g/mol. The Labute approximate surface area is 119 Å². The number of hydrogen-bond donors (Lipinski definition) is 0. The summed E-state index contributed by atoms with van der Waals surface area (Å²) in [5.41, 5.74) is 0. The molecule has 3 nitrogen and oxygen atoms in total. The molecule has 106 valence electrons. The normalized spacial score (nSPS) is 40.5. The van der Waals surface area contributed by atoms with Gasteiger partial charge in [-0.3, -0.25) is 0 Å². The minimum Gasteiger partial charge on any atom is -0.382 e. The standard InChI is InChI=1S/C14H25BrO3/c1-10-4-3-5-11(8-10)18-13-9-12(15)14(13)17-7-6-16-2/h10-14H,3-9H2,1-2H3. The molecule has 0 bridgehead atoms. The first-order chi connectivity index (χ1) is 8.70. The summed E-state index contributed by atoms with van der Waals surface area (Å²) >= 11 is 3.65. The van der Waals surface area contributed by atoms with E-state index < -0.39 is 0 Å². The first-order valence-corrected chi connectivity index (χ1v) is 8.02. The van der Waals surface area contributed by atoms with Gasteiger partial charge in [-0.2, -0.15) is 0 Å². The molecule has 0 N–H and O–H groups in total. The van der Waals surface area contributed by atoms with Crippen LogP contribution in [-0.4, -0.2) is 43.5 Å². The van der Waals surface area contributed by atoms with Crippen molar-refractivity contribution in [3.8, 4) is 0 Å². The van der Waals surface area contributed by atoms with Gasteiger partial charge in [0.2, 0.25) is 0 Å². The Bertz CT molecular complexity index is 249. The summed E-state index contributed by atoms with van der Waals surface area (Å²) in [5, 5.41) is 0. The van der Waals surface area contributed by atoms with Gasteiger partial charge in [-0.15, -0.1) is 0 Å². The molecule has 0 spiro atoms. The zero-order valence-corrected chi connectivity index (χ0v) is 13.0. The van der Waals surface area contributed by atoms with E-state index in [2.05, 4.69) is 22.9 Å². The van der Waals surface area contributed by atoms with Crippen LogP contribution in [0.2, 0.25) is 0 Å². The van der Waals surface area contributed by atoms with Gasteiger partial charge in [0.15, 0.2) is 0 Å². The third-order valence-corrected chi connectivity index (χ3v) is 4.93. The van der Waals surface area contributed by atoms with E-state index in [0.29, 0.717) is 24.1 Å². The molecule has 2 aliphatic rings. The Morgan fingerprint density at radius 3 is 2.67 bits per heavy atom. The Hall–Kier alpha value is 0.360. The smallest absolute Gasteiger partial charge is 0.0963 e. The largest absolute Gasteiger partial charge is 0.382 e. The van der Waals surface area contributed by atoms with Crippen molar-refractivity contribution < 1.29 is 14.2 Å². The third-order valence-electron chi connectivity index (χ3n) is 4.03. The summed E-state index contributed by atoms with van der Waals surface area (Å²) in [4.78, 5) is 0.445. The van der Waals surface area contributed by atoms with Crippen LogP contribution in [0.4, 0.5) is 0 Å². The third kappa shape index (κ3) is 3.92. The van der Waals surface area contributed by atoms with E-state index in [9.17, 15) is 0 Å². The first-order valence-electron chi connectivity index (χ1n) is 7.10. The highest BCUT2D eigenvalue weighted by Crippen LogP contribution is 2.36. The number of alkyl halides is 1. The molecule has 0 saturated heterocycles. The number of hydrogen-bond acceptors (Lipinski definition) is 3. The minimum atomic E-state index is 0.206. The second kappa shape index (κ2) is 7.22. The summed E-state index contributed by atoms with van der Waals surface area (Å²) in [6.07, 6.45) is 7.12. The molecule has 5 atom stereocenters. The molecule has 4 heteroatoms. The van der Waals surface area contributed by atoms with E-state index in [1.807, 2.05) is 0 Å². The number of halogens is 1. The van der Waals surface area contributed by atoms with Crippen LogP contribution in [-0.2, 0) is 14.2 Å². The Kier molecular flexibility index (Phi) is 5.93. The van der Waals surface area contributed by atoms with Gasteiger partial charge in [0.25, 0.3) is 0 Å². The second-order valence-electron chi connectivity index (χ2n) is 5.65. The van der Waals surface area contributed by atoms with Crippen LogP contribution in [0.15, 0.2) is 0 Å². The van der Waals surface area contributed by atoms with Crippen LogP contribution in [0.1, 0.15) is 39.0 Å².